The number of hydrogen-bond acceptors (Lipinski definition) is 4. The zero-order chi connectivity index (χ0) is 24.3. The van der Waals surface area contributed by atoms with Crippen molar-refractivity contribution in [3.63, 3.8) is 0 Å². The molecule has 34 heavy (non-hydrogen) atoms. The minimum atomic E-state index is -1.13. The minimum Gasteiger partial charge on any atom is -0.350 e. The molecule has 0 aliphatic carbocycles. The highest BCUT2D eigenvalue weighted by Gasteiger charge is 2.46. The van der Waals surface area contributed by atoms with E-state index in [1.54, 1.807) is 14.0 Å². The third-order valence-electron chi connectivity index (χ3n) is 6.34. The molecule has 0 spiro atoms. The van der Waals surface area contributed by atoms with Crippen LogP contribution in [0, 0.1) is 6.92 Å². The Hall–Kier alpha value is -3.94. The Balaban J connectivity index is 1.42. The number of carbonyl (C=O) groups excluding carboxylic acids is 3. The highest BCUT2D eigenvalue weighted by atomic mass is 16.2. The number of carbonyl (C=O) groups is 3. The van der Waals surface area contributed by atoms with Gasteiger partial charge < -0.3 is 15.5 Å². The monoisotopic (exact) mass is 459 g/mol. The molecule has 0 radical (unpaired) electrons. The molecule has 0 saturated carbocycles. The highest BCUT2D eigenvalue weighted by Crippen LogP contribution is 2.26. The second-order valence-electron chi connectivity index (χ2n) is 8.87. The number of rotatable bonds is 7. The molecule has 3 aromatic rings. The number of nitrogens with one attached hydrogen (secondary N) is 2. The van der Waals surface area contributed by atoms with Gasteiger partial charge in [0.2, 0.25) is 5.91 Å². The summed E-state index contributed by atoms with van der Waals surface area (Å²) >= 11 is 0. The molecule has 1 unspecified atom stereocenters. The number of nitrogens with zero attached hydrogens (tertiary/aromatic N) is 3. The standard InChI is InChI=1S/C26H29N5O3/c1-18-9-11-19(12-10-18)13-14-27-23(32)21-15-22-24(33)30(3)26(2,17-31(22)29-21)25(34)28-16-20-7-5-4-6-8-20/h4-12,15H,13-14,16-17H2,1-3H3,(H,27,32)(H,28,34). The van der Waals surface area contributed by atoms with Crippen molar-refractivity contribution in [1.29, 1.82) is 0 Å². The van der Waals surface area contributed by atoms with Crippen LogP contribution in [0.4, 0.5) is 0 Å². The van der Waals surface area contributed by atoms with Gasteiger partial charge in [-0.3, -0.25) is 19.1 Å². The van der Waals surface area contributed by atoms with Crippen LogP contribution >= 0.6 is 0 Å². The molecule has 8 nitrogen and oxygen atoms in total. The molecule has 1 atom stereocenters. The Morgan fingerprint density at radius 2 is 1.74 bits per heavy atom. The van der Waals surface area contributed by atoms with Crippen LogP contribution in [0.15, 0.2) is 60.7 Å². The molecule has 2 N–H and O–H groups in total. The molecule has 1 aliphatic heterocycles. The number of benzene rings is 2. The molecule has 1 aromatic heterocycles. The molecule has 4 rings (SSSR count). The van der Waals surface area contributed by atoms with Gasteiger partial charge in [0.15, 0.2) is 5.69 Å². The van der Waals surface area contributed by atoms with Crippen LogP contribution in [0.25, 0.3) is 0 Å². The molecule has 0 bridgehead atoms. The third-order valence-corrected chi connectivity index (χ3v) is 6.34. The first-order valence-electron chi connectivity index (χ1n) is 11.3. The summed E-state index contributed by atoms with van der Waals surface area (Å²) in [6.07, 6.45) is 0.695. The van der Waals surface area contributed by atoms with Crippen molar-refractivity contribution in [1.82, 2.24) is 25.3 Å². The van der Waals surface area contributed by atoms with Gasteiger partial charge in [0.25, 0.3) is 11.8 Å². The second-order valence-corrected chi connectivity index (χ2v) is 8.87. The summed E-state index contributed by atoms with van der Waals surface area (Å²) in [5.41, 5.74) is 2.60. The number of hydrogen-bond donors (Lipinski definition) is 2. The lowest BCUT2D eigenvalue weighted by Gasteiger charge is -2.40. The Labute approximate surface area is 199 Å². The van der Waals surface area contributed by atoms with E-state index in [4.69, 9.17) is 0 Å². The maximum absolute atomic E-state index is 13.1. The summed E-state index contributed by atoms with van der Waals surface area (Å²) in [6, 6.07) is 19.2. The van der Waals surface area contributed by atoms with Gasteiger partial charge in [0.1, 0.15) is 11.2 Å². The van der Waals surface area contributed by atoms with Gasteiger partial charge in [0.05, 0.1) is 6.54 Å². The molecule has 3 amide bonds. The topological polar surface area (TPSA) is 96.3 Å². The van der Waals surface area contributed by atoms with Crippen molar-refractivity contribution in [2.75, 3.05) is 13.6 Å². The first-order chi connectivity index (χ1) is 16.3. The predicted octanol–water partition coefficient (Wildman–Crippen LogP) is 2.32. The van der Waals surface area contributed by atoms with Crippen molar-refractivity contribution < 1.29 is 14.4 Å². The second kappa shape index (κ2) is 9.51. The molecule has 176 valence electrons. The van der Waals surface area contributed by atoms with Gasteiger partial charge in [-0.25, -0.2) is 0 Å². The third kappa shape index (κ3) is 4.71. The zero-order valence-electron chi connectivity index (χ0n) is 19.7. The van der Waals surface area contributed by atoms with Crippen LogP contribution in [0.3, 0.4) is 0 Å². The normalized spacial score (nSPS) is 17.3. The quantitative estimate of drug-likeness (QED) is 0.567. The van der Waals surface area contributed by atoms with E-state index in [0.717, 1.165) is 11.1 Å². The van der Waals surface area contributed by atoms with Crippen molar-refractivity contribution in [2.24, 2.45) is 0 Å². The van der Waals surface area contributed by atoms with Crippen LogP contribution in [0.5, 0.6) is 0 Å². The Morgan fingerprint density at radius 1 is 1.03 bits per heavy atom. The smallest absolute Gasteiger partial charge is 0.272 e. The lowest BCUT2D eigenvalue weighted by atomic mass is 9.96. The summed E-state index contributed by atoms with van der Waals surface area (Å²) in [7, 11) is 1.60. The van der Waals surface area contributed by atoms with Gasteiger partial charge in [-0.05, 0) is 31.4 Å². The Kier molecular flexibility index (Phi) is 6.49. The summed E-state index contributed by atoms with van der Waals surface area (Å²) in [6.45, 7) is 4.71. The largest absolute Gasteiger partial charge is 0.350 e. The average molecular weight is 460 g/mol. The fourth-order valence-electron chi connectivity index (χ4n) is 3.97. The number of likely N-dealkylation sites (N-methyl/N-ethyl adjacent to an activating group) is 1. The van der Waals surface area contributed by atoms with E-state index in [2.05, 4.69) is 15.7 Å². The minimum absolute atomic E-state index is 0.155. The first-order valence-corrected chi connectivity index (χ1v) is 11.3. The van der Waals surface area contributed by atoms with Crippen molar-refractivity contribution in [3.8, 4) is 0 Å². The highest BCUT2D eigenvalue weighted by molar-refractivity contribution is 6.01. The number of fused-ring (bicyclic) bond motifs is 1. The van der Waals surface area contributed by atoms with Crippen LogP contribution in [-0.4, -0.2) is 51.5 Å². The van der Waals surface area contributed by atoms with Crippen LogP contribution in [0.2, 0.25) is 0 Å². The van der Waals surface area contributed by atoms with Crippen LogP contribution < -0.4 is 10.6 Å². The molecule has 2 aromatic carbocycles. The number of amides is 3. The van der Waals surface area contributed by atoms with Crippen molar-refractivity contribution >= 4 is 17.7 Å². The van der Waals surface area contributed by atoms with E-state index in [9.17, 15) is 14.4 Å². The molecular formula is C26H29N5O3. The summed E-state index contributed by atoms with van der Waals surface area (Å²) in [4.78, 5) is 40.2. The molecule has 2 heterocycles. The van der Waals surface area contributed by atoms with E-state index < -0.39 is 5.54 Å². The SMILES string of the molecule is Cc1ccc(CCNC(=O)c2cc3n(n2)CC(C)(C(=O)NCc2ccccc2)N(C)C3=O)cc1. The van der Waals surface area contributed by atoms with E-state index >= 15 is 0 Å². The summed E-state index contributed by atoms with van der Waals surface area (Å²) in [5, 5.41) is 10.1. The maximum atomic E-state index is 13.1. The molecule has 0 saturated heterocycles. The fraction of sp³-hybridized carbons (Fsp3) is 0.308. The van der Waals surface area contributed by atoms with Gasteiger partial charge in [-0.2, -0.15) is 5.10 Å². The van der Waals surface area contributed by atoms with Gasteiger partial charge in [-0.1, -0.05) is 60.2 Å². The number of aryl methyl sites for hydroxylation is 1. The van der Waals surface area contributed by atoms with E-state index in [1.807, 2.05) is 61.5 Å². The van der Waals surface area contributed by atoms with Crippen molar-refractivity contribution in [3.05, 3.63) is 88.7 Å². The molecular weight excluding hydrogens is 430 g/mol. The maximum Gasteiger partial charge on any atom is 0.272 e. The Bertz CT molecular complexity index is 1200. The van der Waals surface area contributed by atoms with E-state index in [1.165, 1.54) is 21.2 Å². The van der Waals surface area contributed by atoms with E-state index in [-0.39, 0.29) is 30.0 Å². The predicted molar refractivity (Wildman–Crippen MR) is 128 cm³/mol. The molecule has 0 fully saturated rings. The average Bonchev–Trinajstić information content (AvgIpc) is 3.27. The summed E-state index contributed by atoms with van der Waals surface area (Å²) in [5.74, 6) is -0.980. The lowest BCUT2D eigenvalue weighted by Crippen LogP contribution is -2.62. The summed E-state index contributed by atoms with van der Waals surface area (Å²) < 4.78 is 1.46. The Morgan fingerprint density at radius 3 is 2.44 bits per heavy atom. The van der Waals surface area contributed by atoms with Gasteiger partial charge in [0, 0.05) is 26.2 Å². The lowest BCUT2D eigenvalue weighted by molar-refractivity contribution is -0.132. The zero-order valence-corrected chi connectivity index (χ0v) is 19.7. The van der Waals surface area contributed by atoms with Crippen LogP contribution in [0.1, 0.15) is 44.6 Å². The van der Waals surface area contributed by atoms with Crippen molar-refractivity contribution in [2.45, 2.75) is 38.9 Å². The fourth-order valence-corrected chi connectivity index (χ4v) is 3.97. The first kappa shape index (κ1) is 23.2. The molecule has 8 heteroatoms. The van der Waals surface area contributed by atoms with Gasteiger partial charge in [-0.15, -0.1) is 0 Å². The van der Waals surface area contributed by atoms with Crippen LogP contribution in [-0.2, 0) is 24.3 Å². The number of aromatic nitrogens is 2. The van der Waals surface area contributed by atoms with Gasteiger partial charge >= 0.3 is 0 Å². The van der Waals surface area contributed by atoms with E-state index in [0.29, 0.717) is 25.2 Å². The molecule has 1 aliphatic rings.